The molecule has 2 heterocycles. The van der Waals surface area contributed by atoms with Crippen LogP contribution in [-0.4, -0.2) is 49.9 Å². The normalized spacial score (nSPS) is 17.2. The van der Waals surface area contributed by atoms with Crippen molar-refractivity contribution in [2.24, 2.45) is 5.92 Å². The highest BCUT2D eigenvalue weighted by Crippen LogP contribution is 2.26. The molecule has 1 fully saturated rings. The number of amides is 1. The molecule has 0 saturated carbocycles. The second-order valence-corrected chi connectivity index (χ2v) is 11.4. The topological polar surface area (TPSA) is 93.9 Å². The highest BCUT2D eigenvalue weighted by atomic mass is 32.2. The van der Waals surface area contributed by atoms with Crippen LogP contribution in [0.15, 0.2) is 57.7 Å². The van der Waals surface area contributed by atoms with E-state index in [9.17, 15) is 18.0 Å². The van der Waals surface area contributed by atoms with Crippen molar-refractivity contribution in [3.63, 3.8) is 0 Å². The van der Waals surface area contributed by atoms with E-state index < -0.39 is 9.84 Å². The van der Waals surface area contributed by atoms with E-state index in [1.807, 2.05) is 44.2 Å². The number of hydrogen-bond donors (Lipinski definition) is 0. The molecule has 1 aliphatic rings. The van der Waals surface area contributed by atoms with Gasteiger partial charge in [-0.2, -0.15) is 0 Å². The van der Waals surface area contributed by atoms with Gasteiger partial charge in [0.1, 0.15) is 17.1 Å². The molecule has 1 unspecified atom stereocenters. The van der Waals surface area contributed by atoms with Crippen LogP contribution in [0.5, 0.6) is 5.75 Å². The Kier molecular flexibility index (Phi) is 6.79. The summed E-state index contributed by atoms with van der Waals surface area (Å²) in [6.07, 6.45) is 0.449. The van der Waals surface area contributed by atoms with E-state index in [0.29, 0.717) is 41.0 Å². The minimum absolute atomic E-state index is 0.00435. The molecule has 1 aromatic heterocycles. The number of nitrogens with zero attached hydrogens (tertiary/aromatic N) is 1. The Morgan fingerprint density at radius 2 is 1.91 bits per heavy atom. The van der Waals surface area contributed by atoms with E-state index in [2.05, 4.69) is 0 Å². The summed E-state index contributed by atoms with van der Waals surface area (Å²) in [7, 11) is -3.11. The molecule has 0 spiro atoms. The predicted molar refractivity (Wildman–Crippen MR) is 132 cm³/mol. The van der Waals surface area contributed by atoms with E-state index in [1.54, 1.807) is 30.0 Å². The number of benzene rings is 2. The van der Waals surface area contributed by atoms with Crippen LogP contribution in [0.1, 0.15) is 26.0 Å². The number of carbonyl (C=O) groups excluding carboxylic acids is 1. The molecule has 1 amide bonds. The van der Waals surface area contributed by atoms with Crippen molar-refractivity contribution in [3.05, 3.63) is 64.5 Å². The van der Waals surface area contributed by atoms with Crippen molar-refractivity contribution in [2.45, 2.75) is 33.2 Å². The third-order valence-electron chi connectivity index (χ3n) is 6.00. The molecule has 0 radical (unpaired) electrons. The summed E-state index contributed by atoms with van der Waals surface area (Å²) in [5.41, 5.74) is 1.57. The average molecular weight is 484 g/mol. The quantitative estimate of drug-likeness (QED) is 0.507. The highest BCUT2D eigenvalue weighted by Gasteiger charge is 2.35. The van der Waals surface area contributed by atoms with Crippen LogP contribution in [-0.2, 0) is 14.6 Å². The summed E-state index contributed by atoms with van der Waals surface area (Å²) in [6, 6.07) is 13.9. The van der Waals surface area contributed by atoms with Gasteiger partial charge in [0, 0.05) is 18.7 Å². The van der Waals surface area contributed by atoms with Crippen molar-refractivity contribution in [1.29, 1.82) is 0 Å². The molecule has 0 bridgehead atoms. The Hall–Kier alpha value is -3.13. The molecule has 180 valence electrons. The number of aryl methyl sites for hydroxylation is 1. The summed E-state index contributed by atoms with van der Waals surface area (Å²) < 4.78 is 35.5. The number of hydrogen-bond acceptors (Lipinski definition) is 6. The van der Waals surface area contributed by atoms with E-state index in [0.717, 1.165) is 5.56 Å². The first-order valence-electron chi connectivity index (χ1n) is 11.4. The monoisotopic (exact) mass is 483 g/mol. The molecular weight excluding hydrogens is 454 g/mol. The highest BCUT2D eigenvalue weighted by molar-refractivity contribution is 7.91. The molecule has 1 aliphatic heterocycles. The van der Waals surface area contributed by atoms with Crippen LogP contribution in [0.4, 0.5) is 0 Å². The van der Waals surface area contributed by atoms with Gasteiger partial charge in [-0.3, -0.25) is 9.59 Å². The molecular formula is C26H29NO6S. The van der Waals surface area contributed by atoms with Crippen molar-refractivity contribution in [1.82, 2.24) is 4.90 Å². The van der Waals surface area contributed by atoms with E-state index >= 15 is 0 Å². The lowest BCUT2D eigenvalue weighted by Crippen LogP contribution is -2.45. The Morgan fingerprint density at radius 3 is 2.56 bits per heavy atom. The number of rotatable bonds is 7. The summed E-state index contributed by atoms with van der Waals surface area (Å²) in [5.74, 6) is 0.947. The Morgan fingerprint density at radius 1 is 1.18 bits per heavy atom. The van der Waals surface area contributed by atoms with Gasteiger partial charge in [-0.05, 0) is 37.0 Å². The van der Waals surface area contributed by atoms with E-state index in [1.165, 1.54) is 0 Å². The third-order valence-corrected chi connectivity index (χ3v) is 7.75. The molecule has 2 aromatic carbocycles. The van der Waals surface area contributed by atoms with Crippen molar-refractivity contribution in [2.75, 3.05) is 24.7 Å². The minimum Gasteiger partial charge on any atom is -0.484 e. The average Bonchev–Trinajstić information content (AvgIpc) is 3.15. The molecule has 4 rings (SSSR count). The molecule has 34 heavy (non-hydrogen) atoms. The van der Waals surface area contributed by atoms with Gasteiger partial charge < -0.3 is 14.1 Å². The fourth-order valence-corrected chi connectivity index (χ4v) is 6.14. The third kappa shape index (κ3) is 5.17. The Bertz CT molecular complexity index is 1360. The number of ether oxygens (including phenoxy) is 1. The predicted octanol–water partition coefficient (Wildman–Crippen LogP) is 3.82. The van der Waals surface area contributed by atoms with Gasteiger partial charge in [-0.1, -0.05) is 44.2 Å². The van der Waals surface area contributed by atoms with Gasteiger partial charge in [-0.25, -0.2) is 8.42 Å². The molecule has 8 heteroatoms. The molecule has 1 saturated heterocycles. The molecule has 0 aliphatic carbocycles. The number of carbonyl (C=O) groups is 1. The fraction of sp³-hybridized carbons (Fsp3) is 0.385. The second kappa shape index (κ2) is 9.62. The molecule has 0 N–H and O–H groups in total. The van der Waals surface area contributed by atoms with Crippen molar-refractivity contribution < 1.29 is 22.4 Å². The summed E-state index contributed by atoms with van der Waals surface area (Å²) in [4.78, 5) is 27.7. The van der Waals surface area contributed by atoms with Crippen LogP contribution in [0.2, 0.25) is 0 Å². The number of sulfone groups is 1. The summed E-state index contributed by atoms with van der Waals surface area (Å²) in [5, 5.41) is 0.431. The van der Waals surface area contributed by atoms with Gasteiger partial charge in [0.05, 0.1) is 22.5 Å². The molecule has 7 nitrogen and oxygen atoms in total. The lowest BCUT2D eigenvalue weighted by molar-refractivity contribution is -0.135. The van der Waals surface area contributed by atoms with Crippen LogP contribution in [0.3, 0.4) is 0 Å². The van der Waals surface area contributed by atoms with Gasteiger partial charge in [0.2, 0.25) is 5.43 Å². The Balaban J connectivity index is 1.54. The first kappa shape index (κ1) is 24.0. The summed E-state index contributed by atoms with van der Waals surface area (Å²) in [6.45, 7) is 5.97. The van der Waals surface area contributed by atoms with Crippen molar-refractivity contribution in [3.8, 4) is 16.9 Å². The van der Waals surface area contributed by atoms with E-state index in [-0.39, 0.29) is 41.4 Å². The molecule has 1 atom stereocenters. The van der Waals surface area contributed by atoms with Gasteiger partial charge >= 0.3 is 0 Å². The SMILES string of the molecule is Cc1oc2cc(OCC(=O)N(CC(C)C)C3CCS(=O)(=O)C3)ccc2c(=O)c1-c1ccccc1. The maximum absolute atomic E-state index is 13.1. The van der Waals surface area contributed by atoms with E-state index in [4.69, 9.17) is 9.15 Å². The molecule has 3 aromatic rings. The maximum atomic E-state index is 13.1. The van der Waals surface area contributed by atoms with Crippen LogP contribution in [0, 0.1) is 12.8 Å². The fourth-order valence-electron chi connectivity index (χ4n) is 4.41. The lowest BCUT2D eigenvalue weighted by atomic mass is 10.0. The van der Waals surface area contributed by atoms with Crippen LogP contribution < -0.4 is 10.2 Å². The smallest absolute Gasteiger partial charge is 0.260 e. The standard InChI is InChI=1S/C26H29NO6S/c1-17(2)14-27(20-11-12-34(30,31)16-20)24(28)15-32-21-9-10-22-23(13-21)33-18(3)25(26(22)29)19-7-5-4-6-8-19/h4-10,13,17,20H,11-12,14-16H2,1-3H3. The van der Waals surface area contributed by atoms with Crippen LogP contribution >= 0.6 is 0 Å². The zero-order chi connectivity index (χ0) is 24.5. The summed E-state index contributed by atoms with van der Waals surface area (Å²) >= 11 is 0. The zero-order valence-electron chi connectivity index (χ0n) is 19.6. The van der Waals surface area contributed by atoms with Gasteiger partial charge in [-0.15, -0.1) is 0 Å². The first-order chi connectivity index (χ1) is 16.1. The van der Waals surface area contributed by atoms with Gasteiger partial charge in [0.25, 0.3) is 5.91 Å². The second-order valence-electron chi connectivity index (χ2n) is 9.17. The number of fused-ring (bicyclic) bond motifs is 1. The first-order valence-corrected chi connectivity index (χ1v) is 13.2. The zero-order valence-corrected chi connectivity index (χ0v) is 20.4. The Labute approximate surface area is 199 Å². The van der Waals surface area contributed by atoms with Gasteiger partial charge in [0.15, 0.2) is 16.4 Å². The maximum Gasteiger partial charge on any atom is 0.260 e. The van der Waals surface area contributed by atoms with Crippen molar-refractivity contribution >= 4 is 26.7 Å². The largest absolute Gasteiger partial charge is 0.484 e. The van der Waals surface area contributed by atoms with Crippen LogP contribution in [0.25, 0.3) is 22.1 Å². The minimum atomic E-state index is -3.11. The lowest BCUT2D eigenvalue weighted by Gasteiger charge is -2.29.